The molecule has 3 rings (SSSR count). The molecule has 116 valence electrons. The van der Waals surface area contributed by atoms with Gasteiger partial charge in [-0.3, -0.25) is 0 Å². The molecular weight excluding hydrogens is 308 g/mol. The Bertz CT molecular complexity index is 879. The second kappa shape index (κ2) is 6.62. The number of benzene rings is 2. The summed E-state index contributed by atoms with van der Waals surface area (Å²) in [5.74, 6) is 0.533. The Morgan fingerprint density at radius 2 is 1.43 bits per heavy atom. The SMILES string of the molecule is O=S(=O)(c1ccccc1)c1cccc(NCc2ccccc2)n1. The van der Waals surface area contributed by atoms with Gasteiger partial charge < -0.3 is 5.32 Å². The largest absolute Gasteiger partial charge is 0.366 e. The van der Waals surface area contributed by atoms with Crippen molar-refractivity contribution < 1.29 is 8.42 Å². The van der Waals surface area contributed by atoms with Gasteiger partial charge in [0.1, 0.15) is 5.82 Å². The van der Waals surface area contributed by atoms with Gasteiger partial charge in [0.15, 0.2) is 5.03 Å². The number of pyridine rings is 1. The first kappa shape index (κ1) is 15.2. The van der Waals surface area contributed by atoms with E-state index in [4.69, 9.17) is 0 Å². The molecule has 1 N–H and O–H groups in total. The molecule has 3 aromatic rings. The third kappa shape index (κ3) is 3.57. The summed E-state index contributed by atoms with van der Waals surface area (Å²) < 4.78 is 25.1. The average Bonchev–Trinajstić information content (AvgIpc) is 2.62. The van der Waals surface area contributed by atoms with Crippen LogP contribution in [-0.4, -0.2) is 13.4 Å². The topological polar surface area (TPSA) is 59.1 Å². The van der Waals surface area contributed by atoms with E-state index in [1.165, 1.54) is 6.07 Å². The molecule has 4 nitrogen and oxygen atoms in total. The minimum Gasteiger partial charge on any atom is -0.366 e. The van der Waals surface area contributed by atoms with Crippen LogP contribution in [0.3, 0.4) is 0 Å². The van der Waals surface area contributed by atoms with Crippen LogP contribution < -0.4 is 5.32 Å². The Morgan fingerprint density at radius 1 is 0.783 bits per heavy atom. The number of sulfone groups is 1. The number of aromatic nitrogens is 1. The number of nitrogens with zero attached hydrogens (tertiary/aromatic N) is 1. The van der Waals surface area contributed by atoms with Crippen molar-refractivity contribution in [2.75, 3.05) is 5.32 Å². The van der Waals surface area contributed by atoms with E-state index in [2.05, 4.69) is 10.3 Å². The molecule has 0 atom stereocenters. The van der Waals surface area contributed by atoms with E-state index in [1.54, 1.807) is 42.5 Å². The molecule has 0 radical (unpaired) electrons. The first-order valence-corrected chi connectivity index (χ1v) is 8.69. The maximum Gasteiger partial charge on any atom is 0.223 e. The summed E-state index contributed by atoms with van der Waals surface area (Å²) in [6.45, 7) is 0.586. The maximum atomic E-state index is 12.6. The molecule has 1 aromatic heterocycles. The summed E-state index contributed by atoms with van der Waals surface area (Å²) >= 11 is 0. The Morgan fingerprint density at radius 3 is 2.13 bits per heavy atom. The van der Waals surface area contributed by atoms with Crippen LogP contribution >= 0.6 is 0 Å². The molecule has 1 heterocycles. The lowest BCUT2D eigenvalue weighted by Crippen LogP contribution is -2.07. The molecule has 0 saturated carbocycles. The number of nitrogens with one attached hydrogen (secondary N) is 1. The summed E-state index contributed by atoms with van der Waals surface area (Å²) in [7, 11) is -3.60. The zero-order valence-electron chi connectivity index (χ0n) is 12.4. The molecule has 0 aliphatic heterocycles. The van der Waals surface area contributed by atoms with Crippen molar-refractivity contribution in [2.24, 2.45) is 0 Å². The van der Waals surface area contributed by atoms with Crippen LogP contribution in [-0.2, 0) is 16.4 Å². The van der Waals surface area contributed by atoms with Gasteiger partial charge in [0.05, 0.1) is 4.90 Å². The van der Waals surface area contributed by atoms with E-state index in [0.29, 0.717) is 12.4 Å². The van der Waals surface area contributed by atoms with Crippen molar-refractivity contribution in [3.05, 3.63) is 84.4 Å². The number of rotatable bonds is 5. The predicted molar refractivity (Wildman–Crippen MR) is 89.9 cm³/mol. The Labute approximate surface area is 135 Å². The molecule has 0 unspecified atom stereocenters. The summed E-state index contributed by atoms with van der Waals surface area (Å²) in [6.07, 6.45) is 0. The molecule has 0 spiro atoms. The highest BCUT2D eigenvalue weighted by atomic mass is 32.2. The summed E-state index contributed by atoms with van der Waals surface area (Å²) in [6, 6.07) is 23.1. The third-order valence-electron chi connectivity index (χ3n) is 3.37. The lowest BCUT2D eigenvalue weighted by atomic mass is 10.2. The molecule has 0 amide bonds. The molecule has 0 aliphatic rings. The van der Waals surface area contributed by atoms with E-state index in [0.717, 1.165) is 5.56 Å². The number of hydrogen-bond acceptors (Lipinski definition) is 4. The Hall–Kier alpha value is -2.66. The fourth-order valence-electron chi connectivity index (χ4n) is 2.17. The summed E-state index contributed by atoms with van der Waals surface area (Å²) in [5.41, 5.74) is 1.10. The Kier molecular flexibility index (Phi) is 4.39. The van der Waals surface area contributed by atoms with Crippen molar-refractivity contribution in [1.82, 2.24) is 4.98 Å². The highest BCUT2D eigenvalue weighted by Gasteiger charge is 2.18. The number of hydrogen-bond donors (Lipinski definition) is 1. The second-order valence-corrected chi connectivity index (χ2v) is 6.91. The highest BCUT2D eigenvalue weighted by Crippen LogP contribution is 2.20. The van der Waals surface area contributed by atoms with Crippen molar-refractivity contribution >= 4 is 15.7 Å². The van der Waals surface area contributed by atoms with Crippen LogP contribution in [0.2, 0.25) is 0 Å². The van der Waals surface area contributed by atoms with Gasteiger partial charge in [0, 0.05) is 6.54 Å². The van der Waals surface area contributed by atoms with Crippen LogP contribution in [0.25, 0.3) is 0 Å². The van der Waals surface area contributed by atoms with E-state index in [1.807, 2.05) is 30.3 Å². The quantitative estimate of drug-likeness (QED) is 0.780. The minimum atomic E-state index is -3.60. The van der Waals surface area contributed by atoms with Gasteiger partial charge in [0.2, 0.25) is 9.84 Å². The van der Waals surface area contributed by atoms with Gasteiger partial charge in [-0.05, 0) is 29.8 Å². The molecule has 23 heavy (non-hydrogen) atoms. The zero-order valence-corrected chi connectivity index (χ0v) is 13.2. The van der Waals surface area contributed by atoms with Crippen LogP contribution in [0.15, 0.2) is 88.8 Å². The van der Waals surface area contributed by atoms with Crippen LogP contribution in [0.5, 0.6) is 0 Å². The fourth-order valence-corrected chi connectivity index (χ4v) is 3.41. The fraction of sp³-hybridized carbons (Fsp3) is 0.0556. The Balaban J connectivity index is 1.83. The molecule has 0 saturated heterocycles. The molecule has 0 fully saturated rings. The standard InChI is InChI=1S/C18H16N2O2S/c21-23(22,16-10-5-2-6-11-16)18-13-7-12-17(20-18)19-14-15-8-3-1-4-9-15/h1-13H,14H2,(H,19,20). The van der Waals surface area contributed by atoms with Crippen molar-refractivity contribution in [2.45, 2.75) is 16.5 Å². The summed E-state index contributed by atoms with van der Waals surface area (Å²) in [4.78, 5) is 4.48. The molecule has 0 bridgehead atoms. The first-order valence-electron chi connectivity index (χ1n) is 7.21. The monoisotopic (exact) mass is 324 g/mol. The third-order valence-corrected chi connectivity index (χ3v) is 5.04. The van der Waals surface area contributed by atoms with Crippen molar-refractivity contribution in [3.8, 4) is 0 Å². The van der Waals surface area contributed by atoms with Crippen LogP contribution in [0.1, 0.15) is 5.56 Å². The van der Waals surface area contributed by atoms with Gasteiger partial charge in [0.25, 0.3) is 0 Å². The lowest BCUT2D eigenvalue weighted by molar-refractivity contribution is 0.592. The van der Waals surface area contributed by atoms with E-state index in [-0.39, 0.29) is 9.92 Å². The van der Waals surface area contributed by atoms with Gasteiger partial charge >= 0.3 is 0 Å². The first-order chi connectivity index (χ1) is 11.2. The van der Waals surface area contributed by atoms with E-state index in [9.17, 15) is 8.42 Å². The zero-order chi connectivity index (χ0) is 16.1. The van der Waals surface area contributed by atoms with Gasteiger partial charge in [-0.2, -0.15) is 0 Å². The molecule has 0 aliphatic carbocycles. The van der Waals surface area contributed by atoms with E-state index < -0.39 is 9.84 Å². The molecule has 5 heteroatoms. The predicted octanol–water partition coefficient (Wildman–Crippen LogP) is 3.53. The van der Waals surface area contributed by atoms with Gasteiger partial charge in [-0.1, -0.05) is 54.6 Å². The molecular formula is C18H16N2O2S. The van der Waals surface area contributed by atoms with E-state index >= 15 is 0 Å². The highest BCUT2D eigenvalue weighted by molar-refractivity contribution is 7.91. The lowest BCUT2D eigenvalue weighted by Gasteiger charge is -2.08. The maximum absolute atomic E-state index is 12.6. The average molecular weight is 324 g/mol. The number of anilines is 1. The van der Waals surface area contributed by atoms with Crippen molar-refractivity contribution in [3.63, 3.8) is 0 Å². The molecule has 2 aromatic carbocycles. The van der Waals surface area contributed by atoms with Crippen LogP contribution in [0.4, 0.5) is 5.82 Å². The van der Waals surface area contributed by atoms with Gasteiger partial charge in [-0.25, -0.2) is 13.4 Å². The van der Waals surface area contributed by atoms with Crippen LogP contribution in [0, 0.1) is 0 Å². The van der Waals surface area contributed by atoms with Crippen molar-refractivity contribution in [1.29, 1.82) is 0 Å². The summed E-state index contributed by atoms with van der Waals surface area (Å²) in [5, 5.41) is 3.19. The normalized spacial score (nSPS) is 11.1. The second-order valence-electron chi connectivity index (χ2n) is 5.02. The smallest absolute Gasteiger partial charge is 0.223 e. The minimum absolute atomic E-state index is 0.0433. The van der Waals surface area contributed by atoms with Gasteiger partial charge in [-0.15, -0.1) is 0 Å².